The molecule has 6 aromatic rings. The van der Waals surface area contributed by atoms with Gasteiger partial charge in [-0.25, -0.2) is 24.0 Å². The Kier molecular flexibility index (Phi) is 65.6. The third-order valence-electron chi connectivity index (χ3n) is 21.5. The van der Waals surface area contributed by atoms with E-state index in [2.05, 4.69) is 54.1 Å². The Morgan fingerprint density at radius 1 is 0.385 bits per heavy atom. The quantitative estimate of drug-likeness (QED) is 0.00589. The maximum absolute atomic E-state index is 13.5. The van der Waals surface area contributed by atoms with Crippen LogP contribution in [0.1, 0.15) is 304 Å². The number of halogens is 1. The molecule has 0 aromatic heterocycles. The van der Waals surface area contributed by atoms with Gasteiger partial charge in [0.1, 0.15) is 62.4 Å². The number of aldehydes is 4. The van der Waals surface area contributed by atoms with Crippen molar-refractivity contribution in [1.82, 2.24) is 26.6 Å². The van der Waals surface area contributed by atoms with Crippen LogP contribution in [0.3, 0.4) is 0 Å². The zero-order valence-corrected chi connectivity index (χ0v) is 97.0. The molecule has 6 aromatic carbocycles. The molecule has 45 heteroatoms. The summed E-state index contributed by atoms with van der Waals surface area (Å²) in [5.41, 5.74) is 13.8. The number of methoxy groups -OCH3 is 4. The van der Waals surface area contributed by atoms with Crippen molar-refractivity contribution in [2.45, 2.75) is 259 Å². The van der Waals surface area contributed by atoms with Crippen LogP contribution in [0.15, 0.2) is 72.8 Å². The number of benzene rings is 6. The van der Waals surface area contributed by atoms with E-state index in [1.54, 1.807) is 45.2 Å². The molecule has 3 saturated carbocycles. The van der Waals surface area contributed by atoms with Crippen LogP contribution < -0.4 is 159 Å². The number of phenols is 2. The van der Waals surface area contributed by atoms with Crippen molar-refractivity contribution in [2.75, 3.05) is 99.4 Å². The number of ether oxygens (including phenoxy) is 15. The molecule has 148 heavy (non-hydrogen) atoms. The standard InChI is InChI=1S/C32H50N4O7.C14H18O5.C13H16O5.C11H22N2O2.C10H10O5.C10H10O3.C9H8O3.C2H6O2.CH3I.CH2O3.2K.H2O.H/c1-19-15-24(27(37)33-20-11-9-13-22(17-20)35-29(39)42-31(2,3)4)26(41-8)25(16-19)28(38)34-21-12-10-14-23(18-21)36-30(40)43-32(5,6)7;1-9-7-10(13-16-3-4-17-13)12(15-2)11(8-9)14-18-5-6-19-14;1-8-6-9(12-15-2-3-16-12)11(14)10(7-8)13-17-4-5-18-13;1-11(2,3)15-10(14)13-9-6-4-5-8(12)7-9;1-5-3-6(9(11)12)8(15-2)7(4-5)10(13)14;1-7-3-8(5-11)10(13-2)9(4-7)6-12;1-6-2-7(4-10)9(12)8(3-6)5-11;3-1-2-4;1-2;2-1-4-3;;;;/h15-16,20-23H,9-14,17-18H2,1-8H3,(H,33,37)(H,34,38)(H,35,39)(H,36,40);7-8,13-14H,3-6H2,1-2H3;6-7,12-14H,2-5H2,1H3;8-9H,4-7,12H2,1-3H3,(H,13,14);3-4H,1-2H3,(H,11,12)(H,13,14);3-6H,1-2H3;2-5,12H,1H3;3-4H,1-2H2;1H3;1,3H;;;1H2;/q;;;;;;;;;;2*+1;;-1/p-1/t20-,21+,22+,23-;;;8-,9+;;;;;;;;;;/m...0........../s1. The number of nitrogens with one attached hydrogen (secondary N) is 5. The van der Waals surface area contributed by atoms with Gasteiger partial charge in [0.2, 0.25) is 0 Å². The van der Waals surface area contributed by atoms with E-state index >= 15 is 0 Å². The minimum Gasteiger partial charge on any atom is -1.00 e. The van der Waals surface area contributed by atoms with Crippen LogP contribution in [-0.4, -0.2) is 262 Å². The number of rotatable bonds is 23. The fraction of sp³-hybridized carbons (Fsp3) is 0.534. The summed E-state index contributed by atoms with van der Waals surface area (Å²) in [4.78, 5) is 140. The number of alkyl halides is 1. The van der Waals surface area contributed by atoms with Crippen LogP contribution in [-0.2, 0) is 61.8 Å². The molecule has 4 aliphatic heterocycles. The van der Waals surface area contributed by atoms with Crippen molar-refractivity contribution < 1.29 is 279 Å². The number of carboxylic acids is 2. The Balaban J connectivity index is 0.00000177. The molecule has 42 nitrogen and oxygen atoms in total. The van der Waals surface area contributed by atoms with Crippen molar-refractivity contribution in [3.05, 3.63) is 173 Å². The molecule has 0 radical (unpaired) electrons. The Hall–Kier alpha value is -8.56. The number of hydrogen-bond acceptors (Lipinski definition) is 34. The Morgan fingerprint density at radius 3 is 0.892 bits per heavy atom. The molecule has 13 rings (SSSR count). The van der Waals surface area contributed by atoms with Crippen LogP contribution in [0, 0.1) is 41.5 Å². The van der Waals surface area contributed by atoms with Crippen molar-refractivity contribution >= 4 is 96.2 Å². The zero-order valence-electron chi connectivity index (χ0n) is 89.6. The van der Waals surface area contributed by atoms with Gasteiger partial charge in [0, 0.05) is 36.3 Å². The van der Waals surface area contributed by atoms with Crippen LogP contribution in [0.25, 0.3) is 0 Å². The number of nitrogens with two attached hydrogens (primary N) is 1. The van der Waals surface area contributed by atoms with Crippen LogP contribution in [0.5, 0.6) is 34.5 Å². The van der Waals surface area contributed by atoms with Gasteiger partial charge in [0.05, 0.1) is 150 Å². The number of amides is 5. The molecule has 0 unspecified atom stereocenters. The van der Waals surface area contributed by atoms with Crippen LogP contribution in [0.2, 0.25) is 0 Å². The Morgan fingerprint density at radius 2 is 0.628 bits per heavy atom. The summed E-state index contributed by atoms with van der Waals surface area (Å²) >= 11 is 2.15. The second kappa shape index (κ2) is 70.6. The molecule has 4 saturated heterocycles. The largest absolute Gasteiger partial charge is 1.00 e. The third kappa shape index (κ3) is 48.2. The van der Waals surface area contributed by atoms with Gasteiger partial charge >= 0.3 is 133 Å². The summed E-state index contributed by atoms with van der Waals surface area (Å²) in [6.45, 7) is 31.6. The van der Waals surface area contributed by atoms with E-state index in [1.165, 1.54) is 45.6 Å². The van der Waals surface area contributed by atoms with E-state index in [9.17, 15) is 63.0 Å². The normalized spacial score (nSPS) is 17.6. The Labute approximate surface area is 964 Å². The van der Waals surface area contributed by atoms with Gasteiger partial charge in [-0.1, -0.05) is 22.6 Å². The molecule has 5 amide bonds. The van der Waals surface area contributed by atoms with Gasteiger partial charge in [-0.05, 0) is 292 Å². The van der Waals surface area contributed by atoms with Gasteiger partial charge in [-0.3, -0.25) is 33.6 Å². The number of phenolic OH excluding ortho intramolecular Hbond substituents is 2. The van der Waals surface area contributed by atoms with Gasteiger partial charge < -0.3 is 151 Å². The number of aliphatic hydroxyl groups excluding tert-OH is 2. The van der Waals surface area contributed by atoms with Crippen LogP contribution in [0.4, 0.5) is 14.4 Å². The number of aromatic carboxylic acids is 2. The van der Waals surface area contributed by atoms with E-state index in [1.807, 2.05) is 119 Å². The fourth-order valence-electron chi connectivity index (χ4n) is 15.9. The monoisotopic (exact) mass is 2250 g/mol. The fourth-order valence-corrected chi connectivity index (χ4v) is 15.9. The molecule has 7 aliphatic rings. The van der Waals surface area contributed by atoms with E-state index in [4.69, 9.17) is 107 Å². The topological polar surface area (TPSA) is 615 Å². The molecule has 7 fully saturated rings. The first-order valence-corrected chi connectivity index (χ1v) is 49.1. The predicted molar refractivity (Wildman–Crippen MR) is 542 cm³/mol. The smallest absolute Gasteiger partial charge is 1.00 e. The second-order valence-electron chi connectivity index (χ2n) is 37.0. The van der Waals surface area contributed by atoms with Gasteiger partial charge in [-0.15, -0.1) is 0 Å². The first-order valence-electron chi connectivity index (χ1n) is 46.9. The number of carboxylic acid groups (broad SMARTS) is 2. The molecular weight excluding hydrogens is 2100 g/mol. The van der Waals surface area contributed by atoms with E-state index < -0.39 is 53.5 Å². The van der Waals surface area contributed by atoms with Crippen molar-refractivity contribution in [3.8, 4) is 34.5 Å². The third-order valence-corrected chi connectivity index (χ3v) is 21.5. The summed E-state index contributed by atoms with van der Waals surface area (Å²) in [5, 5.41) is 75.8. The summed E-state index contributed by atoms with van der Waals surface area (Å²) < 4.78 is 80.9. The molecular formula is C103H147IK2N6O36. The number of aromatic hydroxyl groups is 2. The first-order chi connectivity index (χ1) is 68.6. The van der Waals surface area contributed by atoms with Crippen molar-refractivity contribution in [1.29, 1.82) is 0 Å². The maximum atomic E-state index is 13.5. The summed E-state index contributed by atoms with van der Waals surface area (Å²) in [5.74, 6) is -2.05. The van der Waals surface area contributed by atoms with Crippen molar-refractivity contribution in [2.24, 2.45) is 5.73 Å². The number of carbonyl (C=O) groups excluding carboxylic acids is 10. The molecule has 6 atom stereocenters. The molecule has 814 valence electrons. The Bertz CT molecular complexity index is 4940. The minimum absolute atomic E-state index is 0. The van der Waals surface area contributed by atoms with E-state index in [0.717, 1.165) is 109 Å². The average molecular weight is 2250 g/mol. The van der Waals surface area contributed by atoms with E-state index in [0.29, 0.717) is 124 Å². The van der Waals surface area contributed by atoms with Gasteiger partial charge in [-0.2, -0.15) is 0 Å². The first kappa shape index (κ1) is 137. The molecule has 4 heterocycles. The maximum Gasteiger partial charge on any atom is 1.00 e. The molecule has 15 N–H and O–H groups in total. The van der Waals surface area contributed by atoms with Gasteiger partial charge in [0.15, 0.2) is 50.3 Å². The summed E-state index contributed by atoms with van der Waals surface area (Å²) in [6.07, 6.45) is 9.43. The zero-order chi connectivity index (χ0) is 109. The molecule has 0 spiro atoms. The number of carbonyl (C=O) groups is 12. The summed E-state index contributed by atoms with van der Waals surface area (Å²) in [6, 6.07) is 20.2. The molecule has 3 aliphatic carbocycles. The number of aliphatic hydroxyl groups is 2. The van der Waals surface area contributed by atoms with E-state index in [-0.39, 0.29) is 252 Å². The number of aryl methyl sites for hydroxylation is 6. The van der Waals surface area contributed by atoms with Crippen LogP contribution >= 0.6 is 22.6 Å². The average Bonchev–Trinajstić information content (AvgIpc) is 1.75. The SMILES string of the molecule is CC(C)(C)OC(=O)N[C@@H]1CCC[C@H](N)C1.CI.COc1c(C(=O)N[C@@H]2CCC[C@H](NC(=O)OC(C)(C)C)C2)cc(C)cc1C(=O)N[C@H]1CCC[C@@H](NC(=O)OC(C)(C)C)C1.COc1c(C(=O)O)cc(C)cc1C(=O)O.COc1c(C2OCCO2)cc(C)cc1C1OCCO1.COc1c(C=O)cc(C)cc1C=O.Cc1cc(C2OCCO2)c(O)c(C2OCCO2)c1.Cc1cc(C=O)c(O)c(C=O)c1.O.O=CO[O-].OCCO.[H-].[K+].[K+]. The van der Waals surface area contributed by atoms with Gasteiger partial charge in [0.25, 0.3) is 18.3 Å². The molecule has 0 bridgehead atoms. The van der Waals surface area contributed by atoms with Crippen molar-refractivity contribution in [3.63, 3.8) is 0 Å². The summed E-state index contributed by atoms with van der Waals surface area (Å²) in [7, 11) is 5.76. The second-order valence-corrected chi connectivity index (χ2v) is 37.0. The number of alkyl carbamates (subject to hydrolysis) is 3. The predicted octanol–water partition coefficient (Wildman–Crippen LogP) is 6.91. The minimum atomic E-state index is -1.21. The number of hydrogen-bond donors (Lipinski definition) is 12.